The van der Waals surface area contributed by atoms with Crippen LogP contribution >= 0.6 is 0 Å². The monoisotopic (exact) mass is 341 g/mol. The van der Waals surface area contributed by atoms with Crippen LogP contribution in [-0.2, 0) is 4.79 Å². The molecule has 7 heteroatoms. The van der Waals surface area contributed by atoms with Crippen molar-refractivity contribution in [3.8, 4) is 5.75 Å². The van der Waals surface area contributed by atoms with Gasteiger partial charge in [0.25, 0.3) is 5.69 Å². The van der Waals surface area contributed by atoms with Crippen LogP contribution in [0.15, 0.2) is 54.6 Å². The average Bonchev–Trinajstić information content (AvgIpc) is 2.60. The number of benzene rings is 2. The van der Waals surface area contributed by atoms with Crippen LogP contribution in [0, 0.1) is 10.1 Å². The van der Waals surface area contributed by atoms with E-state index in [1.165, 1.54) is 30.3 Å². The number of ether oxygens (including phenoxy) is 1. The van der Waals surface area contributed by atoms with Gasteiger partial charge in [-0.2, -0.15) is 0 Å². The Morgan fingerprint density at radius 2 is 1.92 bits per heavy atom. The van der Waals surface area contributed by atoms with Crippen molar-refractivity contribution in [3.63, 3.8) is 0 Å². The van der Waals surface area contributed by atoms with E-state index in [9.17, 15) is 19.7 Å². The molecule has 0 heterocycles. The molecule has 1 N–H and O–H groups in total. The van der Waals surface area contributed by atoms with Gasteiger partial charge in [-0.05, 0) is 23.8 Å². The number of nitro benzene ring substituents is 1. The molecule has 0 bridgehead atoms. The Bertz CT molecular complexity index is 828. The van der Waals surface area contributed by atoms with Crippen LogP contribution in [0.1, 0.15) is 22.3 Å². The standard InChI is InChI=1S/C18H15NO6/c20-17(14-4-2-5-15(12-14)19(23)24)8-7-13-3-1-6-16(11-13)25-10-9-18(21)22/h1-8,11-12H,9-10H2,(H,21,22). The summed E-state index contributed by atoms with van der Waals surface area (Å²) >= 11 is 0. The number of rotatable bonds is 8. The largest absolute Gasteiger partial charge is 0.493 e. The predicted molar refractivity (Wildman–Crippen MR) is 90.7 cm³/mol. The van der Waals surface area contributed by atoms with E-state index in [0.29, 0.717) is 11.3 Å². The molecule has 2 aromatic carbocycles. The number of carboxylic acid groups (broad SMARTS) is 1. The maximum Gasteiger partial charge on any atom is 0.306 e. The smallest absolute Gasteiger partial charge is 0.306 e. The van der Waals surface area contributed by atoms with E-state index in [0.717, 1.165) is 0 Å². The number of non-ortho nitro benzene ring substituents is 1. The summed E-state index contributed by atoms with van der Waals surface area (Å²) in [4.78, 5) is 32.8. The van der Waals surface area contributed by atoms with Crippen molar-refractivity contribution in [2.24, 2.45) is 0 Å². The topological polar surface area (TPSA) is 107 Å². The van der Waals surface area contributed by atoms with Crippen molar-refractivity contribution in [1.29, 1.82) is 0 Å². The van der Waals surface area contributed by atoms with Crippen molar-refractivity contribution in [3.05, 3.63) is 75.8 Å². The highest BCUT2D eigenvalue weighted by Gasteiger charge is 2.09. The molecule has 0 amide bonds. The zero-order chi connectivity index (χ0) is 18.2. The van der Waals surface area contributed by atoms with E-state index in [4.69, 9.17) is 9.84 Å². The first-order chi connectivity index (χ1) is 12.0. The minimum Gasteiger partial charge on any atom is -0.493 e. The molecule has 0 aromatic heterocycles. The number of hydrogen-bond acceptors (Lipinski definition) is 5. The molecule has 128 valence electrons. The van der Waals surface area contributed by atoms with Gasteiger partial charge in [-0.15, -0.1) is 0 Å². The molecular weight excluding hydrogens is 326 g/mol. The van der Waals surface area contributed by atoms with E-state index in [2.05, 4.69) is 0 Å². The van der Waals surface area contributed by atoms with Gasteiger partial charge in [-0.3, -0.25) is 19.7 Å². The maximum absolute atomic E-state index is 12.1. The van der Waals surface area contributed by atoms with Gasteiger partial charge in [-0.1, -0.05) is 30.3 Å². The predicted octanol–water partition coefficient (Wildman–Crippen LogP) is 3.34. The Hall–Kier alpha value is -3.48. The Morgan fingerprint density at radius 1 is 1.16 bits per heavy atom. The van der Waals surface area contributed by atoms with Crippen molar-refractivity contribution < 1.29 is 24.4 Å². The van der Waals surface area contributed by atoms with Crippen molar-refractivity contribution in [1.82, 2.24) is 0 Å². The first-order valence-electron chi connectivity index (χ1n) is 7.37. The van der Waals surface area contributed by atoms with Gasteiger partial charge in [-0.25, -0.2) is 0 Å². The fraction of sp³-hybridized carbons (Fsp3) is 0.111. The molecule has 0 atom stereocenters. The van der Waals surface area contributed by atoms with Crippen molar-refractivity contribution in [2.45, 2.75) is 6.42 Å². The van der Waals surface area contributed by atoms with Gasteiger partial charge < -0.3 is 9.84 Å². The minimum absolute atomic E-state index is 0.0507. The number of nitrogens with zero attached hydrogens (tertiary/aromatic N) is 1. The van der Waals surface area contributed by atoms with Gasteiger partial charge in [0, 0.05) is 17.7 Å². The first-order valence-corrected chi connectivity index (χ1v) is 7.37. The molecule has 7 nitrogen and oxygen atoms in total. The van der Waals surface area contributed by atoms with Crippen LogP contribution in [0.2, 0.25) is 0 Å². The highest BCUT2D eigenvalue weighted by molar-refractivity contribution is 6.07. The number of ketones is 1. The number of nitro groups is 1. The van der Waals surface area contributed by atoms with Crippen molar-refractivity contribution >= 4 is 23.5 Å². The lowest BCUT2D eigenvalue weighted by molar-refractivity contribution is -0.384. The average molecular weight is 341 g/mol. The third-order valence-electron chi connectivity index (χ3n) is 3.21. The molecular formula is C18H15NO6. The molecule has 0 saturated heterocycles. The summed E-state index contributed by atoms with van der Waals surface area (Å²) in [5.74, 6) is -0.814. The highest BCUT2D eigenvalue weighted by Crippen LogP contribution is 2.17. The number of carboxylic acids is 1. The number of allylic oxidation sites excluding steroid dienone is 1. The summed E-state index contributed by atoms with van der Waals surface area (Å²) < 4.78 is 5.32. The highest BCUT2D eigenvalue weighted by atomic mass is 16.6. The van der Waals surface area contributed by atoms with E-state index < -0.39 is 10.9 Å². The van der Waals surface area contributed by atoms with Gasteiger partial charge in [0.15, 0.2) is 5.78 Å². The summed E-state index contributed by atoms with van der Waals surface area (Å²) in [6, 6.07) is 12.3. The van der Waals surface area contributed by atoms with Crippen molar-refractivity contribution in [2.75, 3.05) is 6.61 Å². The van der Waals surface area contributed by atoms with Crippen LogP contribution in [-0.4, -0.2) is 28.4 Å². The number of hydrogen-bond donors (Lipinski definition) is 1. The molecule has 0 aliphatic rings. The number of carbonyl (C=O) groups is 2. The summed E-state index contributed by atoms with van der Waals surface area (Å²) in [6.45, 7) is 0.0507. The number of aliphatic carboxylic acids is 1. The Kier molecular flexibility index (Phi) is 6.00. The summed E-state index contributed by atoms with van der Waals surface area (Å²) in [5.41, 5.74) is 0.763. The van der Waals surface area contributed by atoms with Gasteiger partial charge in [0.2, 0.25) is 0 Å². The molecule has 2 rings (SSSR count). The summed E-state index contributed by atoms with van der Waals surface area (Å²) in [7, 11) is 0. The fourth-order valence-electron chi connectivity index (χ4n) is 2.01. The summed E-state index contributed by atoms with van der Waals surface area (Å²) in [5, 5.41) is 19.3. The van der Waals surface area contributed by atoms with Crippen LogP contribution in [0.5, 0.6) is 5.75 Å². The minimum atomic E-state index is -0.946. The quantitative estimate of drug-likeness (QED) is 0.341. The van der Waals surface area contributed by atoms with Crippen LogP contribution < -0.4 is 4.74 Å². The zero-order valence-corrected chi connectivity index (χ0v) is 13.1. The van der Waals surface area contributed by atoms with Crippen LogP contribution in [0.3, 0.4) is 0 Å². The second-order valence-electron chi connectivity index (χ2n) is 5.07. The van der Waals surface area contributed by atoms with Gasteiger partial charge in [0.1, 0.15) is 5.75 Å². The molecule has 0 radical (unpaired) electrons. The van der Waals surface area contributed by atoms with E-state index in [-0.39, 0.29) is 30.1 Å². The lowest BCUT2D eigenvalue weighted by Gasteiger charge is -2.05. The SMILES string of the molecule is O=C(O)CCOc1cccc(C=CC(=O)c2cccc([N+](=O)[O-])c2)c1. The van der Waals surface area contributed by atoms with E-state index >= 15 is 0 Å². The van der Waals surface area contributed by atoms with E-state index in [1.54, 1.807) is 30.3 Å². The molecule has 0 aliphatic carbocycles. The van der Waals surface area contributed by atoms with Gasteiger partial charge >= 0.3 is 5.97 Å². The molecule has 25 heavy (non-hydrogen) atoms. The number of carbonyl (C=O) groups excluding carboxylic acids is 1. The summed E-state index contributed by atoms with van der Waals surface area (Å²) in [6.07, 6.45) is 2.77. The van der Waals surface area contributed by atoms with Crippen LogP contribution in [0.4, 0.5) is 5.69 Å². The first kappa shape index (κ1) is 17.9. The maximum atomic E-state index is 12.1. The Labute approximate surface area is 143 Å². The molecule has 0 spiro atoms. The molecule has 0 fully saturated rings. The Morgan fingerprint density at radius 3 is 2.64 bits per heavy atom. The van der Waals surface area contributed by atoms with E-state index in [1.807, 2.05) is 0 Å². The van der Waals surface area contributed by atoms with Gasteiger partial charge in [0.05, 0.1) is 18.0 Å². The van der Waals surface area contributed by atoms with Crippen LogP contribution in [0.25, 0.3) is 6.08 Å². The zero-order valence-electron chi connectivity index (χ0n) is 13.1. The second-order valence-corrected chi connectivity index (χ2v) is 5.07. The molecule has 0 aliphatic heterocycles. The molecule has 0 saturated carbocycles. The molecule has 2 aromatic rings. The third-order valence-corrected chi connectivity index (χ3v) is 3.21. The normalized spacial score (nSPS) is 10.6. The second kappa shape index (κ2) is 8.39. The lowest BCUT2D eigenvalue weighted by Crippen LogP contribution is -2.04. The third kappa shape index (κ3) is 5.58. The molecule has 0 unspecified atom stereocenters. The fourth-order valence-corrected chi connectivity index (χ4v) is 2.01. The Balaban J connectivity index is 2.05. The lowest BCUT2D eigenvalue weighted by atomic mass is 10.1.